The molecule has 0 aliphatic carbocycles. The minimum atomic E-state index is -3.73. The van der Waals surface area contributed by atoms with Crippen LogP contribution in [0.25, 0.3) is 0 Å². The number of amides is 2. The van der Waals surface area contributed by atoms with Crippen molar-refractivity contribution >= 4 is 16.1 Å². The molecule has 1 aromatic rings. The van der Waals surface area contributed by atoms with E-state index < -0.39 is 10.0 Å². The van der Waals surface area contributed by atoms with Crippen molar-refractivity contribution in [1.29, 1.82) is 0 Å². The number of carbonyl (C=O) groups excluding carboxylic acids is 1. The molecule has 0 saturated carbocycles. The molecule has 1 aliphatic heterocycles. The Balaban J connectivity index is 1.88. The van der Waals surface area contributed by atoms with Crippen molar-refractivity contribution in [1.82, 2.24) is 10.6 Å². The molecule has 4 N–H and O–H groups in total. The standard InChI is InChI=1S/C12H17N3O4S/c13-20(17,18)11-3-1-2-9(6-11)7-14-12(16)15-10-4-5-19-8-10/h1-3,6,10H,4-5,7-8H2,(H2,13,17,18)(H2,14,15,16). The summed E-state index contributed by atoms with van der Waals surface area (Å²) in [7, 11) is -3.73. The first kappa shape index (κ1) is 14.8. The first-order valence-corrected chi connectivity index (χ1v) is 7.73. The Morgan fingerprint density at radius 2 is 2.25 bits per heavy atom. The van der Waals surface area contributed by atoms with E-state index >= 15 is 0 Å². The van der Waals surface area contributed by atoms with Crippen LogP contribution in [0, 0.1) is 0 Å². The first-order valence-electron chi connectivity index (χ1n) is 6.19. The van der Waals surface area contributed by atoms with Gasteiger partial charge in [-0.15, -0.1) is 0 Å². The van der Waals surface area contributed by atoms with Crippen LogP contribution in [0.1, 0.15) is 12.0 Å². The molecule has 1 heterocycles. The molecule has 0 radical (unpaired) electrons. The van der Waals surface area contributed by atoms with Gasteiger partial charge in [0.05, 0.1) is 17.5 Å². The van der Waals surface area contributed by atoms with Crippen LogP contribution in [0.3, 0.4) is 0 Å². The van der Waals surface area contributed by atoms with E-state index in [2.05, 4.69) is 10.6 Å². The summed E-state index contributed by atoms with van der Waals surface area (Å²) in [5.74, 6) is 0. The number of nitrogens with two attached hydrogens (primary N) is 1. The fourth-order valence-corrected chi connectivity index (χ4v) is 2.48. The molecule has 1 fully saturated rings. The maximum atomic E-state index is 11.6. The zero-order valence-corrected chi connectivity index (χ0v) is 11.7. The number of hydrogen-bond acceptors (Lipinski definition) is 4. The highest BCUT2D eigenvalue weighted by Gasteiger charge is 2.17. The van der Waals surface area contributed by atoms with Gasteiger partial charge in [-0.3, -0.25) is 0 Å². The molecule has 1 unspecified atom stereocenters. The van der Waals surface area contributed by atoms with Crippen LogP contribution in [0.5, 0.6) is 0 Å². The molecular weight excluding hydrogens is 282 g/mol. The molecular formula is C12H17N3O4S. The average molecular weight is 299 g/mol. The molecule has 0 spiro atoms. The molecule has 8 heteroatoms. The van der Waals surface area contributed by atoms with Crippen LogP contribution in [-0.2, 0) is 21.3 Å². The number of benzene rings is 1. The minimum Gasteiger partial charge on any atom is -0.379 e. The van der Waals surface area contributed by atoms with Crippen LogP contribution in [-0.4, -0.2) is 33.7 Å². The zero-order valence-electron chi connectivity index (χ0n) is 10.8. The van der Waals surface area contributed by atoms with Gasteiger partial charge in [0.15, 0.2) is 0 Å². The number of rotatable bonds is 4. The molecule has 1 aromatic carbocycles. The number of sulfonamides is 1. The zero-order chi connectivity index (χ0) is 14.6. The summed E-state index contributed by atoms with van der Waals surface area (Å²) in [5, 5.41) is 10.5. The van der Waals surface area contributed by atoms with E-state index in [1.807, 2.05) is 0 Å². The van der Waals surface area contributed by atoms with Gasteiger partial charge in [-0.2, -0.15) is 0 Å². The van der Waals surface area contributed by atoms with Crippen molar-refractivity contribution in [3.63, 3.8) is 0 Å². The molecule has 2 rings (SSSR count). The Hall–Kier alpha value is -1.64. The molecule has 1 saturated heterocycles. The molecule has 7 nitrogen and oxygen atoms in total. The normalized spacial score (nSPS) is 18.8. The lowest BCUT2D eigenvalue weighted by Gasteiger charge is -2.12. The summed E-state index contributed by atoms with van der Waals surface area (Å²) in [5.41, 5.74) is 0.661. The topological polar surface area (TPSA) is 111 Å². The third-order valence-electron chi connectivity index (χ3n) is 2.94. The van der Waals surface area contributed by atoms with Gasteiger partial charge in [0, 0.05) is 13.2 Å². The van der Waals surface area contributed by atoms with Gasteiger partial charge in [-0.25, -0.2) is 18.4 Å². The molecule has 0 bridgehead atoms. The predicted octanol–water partition coefficient (Wildman–Crippen LogP) is -0.0779. The quantitative estimate of drug-likeness (QED) is 0.722. The van der Waals surface area contributed by atoms with Crippen molar-refractivity contribution < 1.29 is 17.9 Å². The highest BCUT2D eigenvalue weighted by Crippen LogP contribution is 2.09. The average Bonchev–Trinajstić information content (AvgIpc) is 2.88. The maximum absolute atomic E-state index is 11.6. The summed E-state index contributed by atoms with van der Waals surface area (Å²) in [6.45, 7) is 1.40. The maximum Gasteiger partial charge on any atom is 0.315 e. The van der Waals surface area contributed by atoms with E-state index in [1.165, 1.54) is 12.1 Å². The second-order valence-corrected chi connectivity index (χ2v) is 6.14. The predicted molar refractivity (Wildman–Crippen MR) is 72.4 cm³/mol. The van der Waals surface area contributed by atoms with Crippen molar-refractivity contribution in [3.8, 4) is 0 Å². The molecule has 20 heavy (non-hydrogen) atoms. The van der Waals surface area contributed by atoms with Gasteiger partial charge in [0.2, 0.25) is 10.0 Å². The van der Waals surface area contributed by atoms with Crippen LogP contribution in [0.4, 0.5) is 4.79 Å². The van der Waals surface area contributed by atoms with Gasteiger partial charge in [-0.1, -0.05) is 12.1 Å². The monoisotopic (exact) mass is 299 g/mol. The lowest BCUT2D eigenvalue weighted by atomic mass is 10.2. The van der Waals surface area contributed by atoms with Gasteiger partial charge in [0.25, 0.3) is 0 Å². The van der Waals surface area contributed by atoms with Gasteiger partial charge in [-0.05, 0) is 24.1 Å². The number of urea groups is 1. The van der Waals surface area contributed by atoms with Gasteiger partial charge >= 0.3 is 6.03 Å². The van der Waals surface area contributed by atoms with Crippen LogP contribution in [0.15, 0.2) is 29.2 Å². The SMILES string of the molecule is NS(=O)(=O)c1cccc(CNC(=O)NC2CCOC2)c1. The highest BCUT2D eigenvalue weighted by atomic mass is 32.2. The summed E-state index contributed by atoms with van der Waals surface area (Å²) in [6.07, 6.45) is 0.800. The molecule has 1 atom stereocenters. The Labute approximate surface area is 117 Å². The summed E-state index contributed by atoms with van der Waals surface area (Å²) >= 11 is 0. The van der Waals surface area contributed by atoms with E-state index in [9.17, 15) is 13.2 Å². The second-order valence-electron chi connectivity index (χ2n) is 4.58. The molecule has 1 aliphatic rings. The van der Waals surface area contributed by atoms with Gasteiger partial charge < -0.3 is 15.4 Å². The fraction of sp³-hybridized carbons (Fsp3) is 0.417. The van der Waals surface area contributed by atoms with E-state index in [0.717, 1.165) is 6.42 Å². The lowest BCUT2D eigenvalue weighted by molar-refractivity contribution is 0.188. The third kappa shape index (κ3) is 4.19. The molecule has 2 amide bonds. The second kappa shape index (κ2) is 6.21. The van der Waals surface area contributed by atoms with E-state index in [0.29, 0.717) is 18.8 Å². The van der Waals surface area contributed by atoms with Crippen molar-refractivity contribution in [2.45, 2.75) is 23.9 Å². The lowest BCUT2D eigenvalue weighted by Crippen LogP contribution is -2.42. The number of ether oxygens (including phenoxy) is 1. The molecule has 0 aromatic heterocycles. The Bertz CT molecular complexity index is 582. The Morgan fingerprint density at radius 3 is 2.90 bits per heavy atom. The third-order valence-corrected chi connectivity index (χ3v) is 3.86. The van der Waals surface area contributed by atoms with Crippen molar-refractivity contribution in [2.24, 2.45) is 5.14 Å². The van der Waals surface area contributed by atoms with Crippen molar-refractivity contribution in [3.05, 3.63) is 29.8 Å². The highest BCUT2D eigenvalue weighted by molar-refractivity contribution is 7.89. The van der Waals surface area contributed by atoms with Gasteiger partial charge in [0.1, 0.15) is 0 Å². The minimum absolute atomic E-state index is 0.0291. The first-order chi connectivity index (χ1) is 9.45. The molecule has 110 valence electrons. The fourth-order valence-electron chi connectivity index (χ4n) is 1.90. The van der Waals surface area contributed by atoms with E-state index in [1.54, 1.807) is 12.1 Å². The Kier molecular flexibility index (Phi) is 4.58. The van der Waals surface area contributed by atoms with E-state index in [4.69, 9.17) is 9.88 Å². The smallest absolute Gasteiger partial charge is 0.315 e. The van der Waals surface area contributed by atoms with Crippen LogP contribution < -0.4 is 15.8 Å². The number of primary sulfonamides is 1. The number of carbonyl (C=O) groups is 1. The number of hydrogen-bond donors (Lipinski definition) is 3. The summed E-state index contributed by atoms with van der Waals surface area (Å²) in [4.78, 5) is 11.7. The largest absolute Gasteiger partial charge is 0.379 e. The number of nitrogens with one attached hydrogen (secondary N) is 2. The van der Waals surface area contributed by atoms with Crippen LogP contribution >= 0.6 is 0 Å². The Morgan fingerprint density at radius 1 is 1.45 bits per heavy atom. The van der Waals surface area contributed by atoms with Crippen LogP contribution in [0.2, 0.25) is 0 Å². The van der Waals surface area contributed by atoms with Crippen molar-refractivity contribution in [2.75, 3.05) is 13.2 Å². The van der Waals surface area contributed by atoms with E-state index in [-0.39, 0.29) is 23.5 Å². The summed E-state index contributed by atoms with van der Waals surface area (Å²) in [6, 6.07) is 5.88. The summed E-state index contributed by atoms with van der Waals surface area (Å²) < 4.78 is 27.6.